The molecule has 0 amide bonds. The summed E-state index contributed by atoms with van der Waals surface area (Å²) in [6.07, 6.45) is 5.20. The van der Waals surface area contributed by atoms with Crippen LogP contribution < -0.4 is 4.90 Å². The van der Waals surface area contributed by atoms with Gasteiger partial charge < -0.3 is 14.9 Å². The van der Waals surface area contributed by atoms with Gasteiger partial charge in [0.15, 0.2) is 0 Å². The average molecular weight is 309 g/mol. The van der Waals surface area contributed by atoms with Crippen molar-refractivity contribution < 1.29 is 9.90 Å². The lowest BCUT2D eigenvalue weighted by Gasteiger charge is -2.28. The molecule has 1 unspecified atom stereocenters. The third kappa shape index (κ3) is 4.22. The van der Waals surface area contributed by atoms with Crippen molar-refractivity contribution in [2.24, 2.45) is 0 Å². The van der Waals surface area contributed by atoms with Crippen LogP contribution in [0.3, 0.4) is 0 Å². The number of benzene rings is 1. The van der Waals surface area contributed by atoms with Crippen molar-refractivity contribution in [2.45, 2.75) is 18.9 Å². The summed E-state index contributed by atoms with van der Waals surface area (Å²) in [5.74, 6) is -0.950. The summed E-state index contributed by atoms with van der Waals surface area (Å²) in [4.78, 5) is 15.2. The van der Waals surface area contributed by atoms with Gasteiger partial charge >= 0.3 is 5.97 Å². The van der Waals surface area contributed by atoms with Crippen LogP contribution in [0.2, 0.25) is 5.02 Å². The number of carbonyl (C=O) groups is 1. The van der Waals surface area contributed by atoms with Crippen LogP contribution in [0.15, 0.2) is 24.3 Å². The molecule has 2 rings (SSSR count). The molecule has 21 heavy (non-hydrogen) atoms. The van der Waals surface area contributed by atoms with E-state index in [1.54, 1.807) is 12.1 Å². The predicted octanol–water partition coefficient (Wildman–Crippen LogP) is 2.97. The molecular weight excluding hydrogens is 288 g/mol. The number of rotatable bonds is 5. The Labute approximate surface area is 130 Å². The Balaban J connectivity index is 2.20. The average Bonchev–Trinajstić information content (AvgIpc) is 2.82. The summed E-state index contributed by atoms with van der Waals surface area (Å²) in [5, 5.41) is 9.45. The van der Waals surface area contributed by atoms with E-state index in [1.807, 2.05) is 19.2 Å². The van der Waals surface area contributed by atoms with E-state index in [0.717, 1.165) is 30.4 Å². The molecule has 1 aliphatic heterocycles. The molecule has 0 saturated carbocycles. The number of nitrogens with zero attached hydrogens (tertiary/aromatic N) is 2. The summed E-state index contributed by atoms with van der Waals surface area (Å²) in [5.41, 5.74) is 1.82. The highest BCUT2D eigenvalue weighted by molar-refractivity contribution is 6.31. The maximum absolute atomic E-state index is 10.7. The van der Waals surface area contributed by atoms with Crippen molar-refractivity contribution in [1.82, 2.24) is 4.90 Å². The second kappa shape index (κ2) is 6.96. The maximum atomic E-state index is 10.7. The second-order valence-corrected chi connectivity index (χ2v) is 5.97. The number of likely N-dealkylation sites (tertiary alicyclic amines) is 1. The minimum absolute atomic E-state index is 0.533. The molecular formula is C16H21ClN2O2. The van der Waals surface area contributed by atoms with Gasteiger partial charge in [-0.1, -0.05) is 17.7 Å². The lowest BCUT2D eigenvalue weighted by Crippen LogP contribution is -2.36. The molecule has 1 atom stereocenters. The van der Waals surface area contributed by atoms with Crippen LogP contribution in [0, 0.1) is 0 Å². The molecule has 114 valence electrons. The number of aliphatic carboxylic acids is 1. The van der Waals surface area contributed by atoms with Gasteiger partial charge in [-0.05, 0) is 50.2 Å². The minimum atomic E-state index is -0.950. The zero-order valence-electron chi connectivity index (χ0n) is 12.4. The highest BCUT2D eigenvalue weighted by Gasteiger charge is 2.22. The van der Waals surface area contributed by atoms with Crippen LogP contribution in [-0.2, 0) is 4.79 Å². The van der Waals surface area contributed by atoms with Crippen LogP contribution in [0.5, 0.6) is 0 Å². The quantitative estimate of drug-likeness (QED) is 0.849. The number of halogens is 1. The van der Waals surface area contributed by atoms with Crippen molar-refractivity contribution in [1.29, 1.82) is 0 Å². The molecule has 1 fully saturated rings. The fourth-order valence-corrected chi connectivity index (χ4v) is 2.94. The van der Waals surface area contributed by atoms with E-state index in [4.69, 9.17) is 16.7 Å². The Morgan fingerprint density at radius 1 is 1.57 bits per heavy atom. The molecule has 0 aliphatic carbocycles. The fourth-order valence-electron chi connectivity index (χ4n) is 2.77. The molecule has 1 heterocycles. The molecule has 5 heteroatoms. The van der Waals surface area contributed by atoms with Crippen molar-refractivity contribution in [3.05, 3.63) is 34.9 Å². The van der Waals surface area contributed by atoms with Crippen molar-refractivity contribution in [3.8, 4) is 0 Å². The Bertz CT molecular complexity index is 545. The van der Waals surface area contributed by atoms with Crippen molar-refractivity contribution in [3.63, 3.8) is 0 Å². The van der Waals surface area contributed by atoms with Gasteiger partial charge in [0, 0.05) is 36.4 Å². The summed E-state index contributed by atoms with van der Waals surface area (Å²) in [6, 6.07) is 6.05. The third-order valence-electron chi connectivity index (χ3n) is 3.97. The van der Waals surface area contributed by atoms with Gasteiger partial charge in [-0.25, -0.2) is 4.79 Å². The van der Waals surface area contributed by atoms with Gasteiger partial charge in [0.25, 0.3) is 0 Å². The van der Waals surface area contributed by atoms with Gasteiger partial charge in [-0.2, -0.15) is 0 Å². The SMILES string of the molecule is CN(CC1CCCN1C)c1cc(Cl)ccc1/C=C/C(=O)O. The lowest BCUT2D eigenvalue weighted by atomic mass is 10.1. The van der Waals surface area contributed by atoms with E-state index >= 15 is 0 Å². The maximum Gasteiger partial charge on any atom is 0.328 e. The lowest BCUT2D eigenvalue weighted by molar-refractivity contribution is -0.131. The first-order valence-electron chi connectivity index (χ1n) is 7.09. The zero-order valence-corrected chi connectivity index (χ0v) is 13.2. The van der Waals surface area contributed by atoms with Crippen molar-refractivity contribution >= 4 is 29.3 Å². The number of hydrogen-bond donors (Lipinski definition) is 1. The Morgan fingerprint density at radius 3 is 2.95 bits per heavy atom. The van der Waals surface area contributed by atoms with Gasteiger partial charge in [0.05, 0.1) is 0 Å². The number of carboxylic acids is 1. The van der Waals surface area contributed by atoms with Gasteiger partial charge in [0.2, 0.25) is 0 Å². The molecule has 0 bridgehead atoms. The molecule has 1 aromatic carbocycles. The molecule has 0 radical (unpaired) electrons. The molecule has 1 N–H and O–H groups in total. The third-order valence-corrected chi connectivity index (χ3v) is 4.20. The fraction of sp³-hybridized carbons (Fsp3) is 0.438. The summed E-state index contributed by atoms with van der Waals surface area (Å²) in [6.45, 7) is 2.05. The number of anilines is 1. The first-order chi connectivity index (χ1) is 9.97. The highest BCUT2D eigenvalue weighted by Crippen LogP contribution is 2.27. The van der Waals surface area contributed by atoms with E-state index in [0.29, 0.717) is 11.1 Å². The molecule has 1 aliphatic rings. The number of likely N-dealkylation sites (N-methyl/N-ethyl adjacent to an activating group) is 2. The first kappa shape index (κ1) is 15.9. The number of carboxylic acid groups (broad SMARTS) is 1. The monoisotopic (exact) mass is 308 g/mol. The smallest absolute Gasteiger partial charge is 0.328 e. The van der Waals surface area contributed by atoms with E-state index in [1.165, 1.54) is 12.8 Å². The highest BCUT2D eigenvalue weighted by atomic mass is 35.5. The van der Waals surface area contributed by atoms with Crippen LogP contribution in [0.4, 0.5) is 5.69 Å². The molecule has 0 spiro atoms. The standard InChI is InChI=1S/C16H21ClN2O2/c1-18-9-3-4-14(18)11-19(2)15-10-13(17)7-5-12(15)6-8-16(20)21/h5-8,10,14H,3-4,9,11H2,1-2H3,(H,20,21)/b8-6+. The molecule has 1 aromatic rings. The summed E-state index contributed by atoms with van der Waals surface area (Å²) < 4.78 is 0. The van der Waals surface area contributed by atoms with E-state index in [2.05, 4.69) is 16.8 Å². The number of hydrogen-bond acceptors (Lipinski definition) is 3. The summed E-state index contributed by atoms with van der Waals surface area (Å²) in [7, 11) is 4.17. The zero-order chi connectivity index (χ0) is 15.4. The first-order valence-corrected chi connectivity index (χ1v) is 7.47. The van der Waals surface area contributed by atoms with Gasteiger partial charge in [0.1, 0.15) is 0 Å². The van der Waals surface area contributed by atoms with E-state index in [9.17, 15) is 4.79 Å². The van der Waals surface area contributed by atoms with Crippen LogP contribution in [-0.4, -0.2) is 49.2 Å². The minimum Gasteiger partial charge on any atom is -0.478 e. The predicted molar refractivity (Wildman–Crippen MR) is 87.0 cm³/mol. The topological polar surface area (TPSA) is 43.8 Å². The van der Waals surface area contributed by atoms with Gasteiger partial charge in [-0.15, -0.1) is 0 Å². The Morgan fingerprint density at radius 2 is 2.33 bits per heavy atom. The van der Waals surface area contributed by atoms with E-state index in [-0.39, 0.29) is 0 Å². The van der Waals surface area contributed by atoms with Crippen LogP contribution in [0.1, 0.15) is 18.4 Å². The molecule has 0 aromatic heterocycles. The molecule has 1 saturated heterocycles. The second-order valence-electron chi connectivity index (χ2n) is 5.53. The van der Waals surface area contributed by atoms with E-state index < -0.39 is 5.97 Å². The summed E-state index contributed by atoms with van der Waals surface area (Å²) >= 11 is 6.09. The van der Waals surface area contributed by atoms with Crippen LogP contribution in [0.25, 0.3) is 6.08 Å². The largest absolute Gasteiger partial charge is 0.478 e. The van der Waals surface area contributed by atoms with Crippen molar-refractivity contribution in [2.75, 3.05) is 32.1 Å². The van der Waals surface area contributed by atoms with Gasteiger partial charge in [-0.3, -0.25) is 0 Å². The van der Waals surface area contributed by atoms with Crippen LogP contribution >= 0.6 is 11.6 Å². The normalized spacial score (nSPS) is 19.3. The Kier molecular flexibility index (Phi) is 5.26. The molecule has 4 nitrogen and oxygen atoms in total. The Hall–Kier alpha value is -1.52.